The number of hydrogen-bond acceptors (Lipinski definition) is 6. The molecule has 0 saturated heterocycles. The molecule has 0 spiro atoms. The number of para-hydroxylation sites is 1. The molecule has 0 aliphatic rings. The SMILES string of the molecule is O=C(O)C(CCCCN(S)C(=O)Nc1ccc2ccccc2c1)N(c1ccc2oc3ccccc3c2c1)S(=O)[O-]. The number of carbonyl (C=O) groups excluding carboxylic acids is 1. The monoisotopic (exact) mass is 576 g/mol. The van der Waals surface area contributed by atoms with Crippen LogP contribution in [-0.2, 0) is 16.1 Å². The molecule has 0 radical (unpaired) electrons. The van der Waals surface area contributed by atoms with Crippen molar-refractivity contribution in [3.05, 3.63) is 84.9 Å². The fraction of sp³-hybridized carbons (Fsp3) is 0.172. The van der Waals surface area contributed by atoms with Gasteiger partial charge in [-0.25, -0.2) is 9.59 Å². The van der Waals surface area contributed by atoms with Gasteiger partial charge in [-0.3, -0.25) is 12.8 Å². The number of urea groups is 1. The Balaban J connectivity index is 1.22. The molecule has 0 fully saturated rings. The van der Waals surface area contributed by atoms with Crippen molar-refractivity contribution in [3.8, 4) is 0 Å². The normalized spacial score (nSPS) is 12.8. The number of aliphatic carboxylic acids is 1. The summed E-state index contributed by atoms with van der Waals surface area (Å²) in [6, 6.07) is 23.8. The number of amides is 2. The fourth-order valence-electron chi connectivity index (χ4n) is 4.72. The molecule has 0 bridgehead atoms. The number of unbranched alkanes of at least 4 members (excludes halogenated alkanes) is 1. The van der Waals surface area contributed by atoms with Gasteiger partial charge in [0.15, 0.2) is 0 Å². The van der Waals surface area contributed by atoms with Crippen LogP contribution in [0.25, 0.3) is 32.7 Å². The number of hydrogen-bond donors (Lipinski definition) is 3. The van der Waals surface area contributed by atoms with Gasteiger partial charge < -0.3 is 19.4 Å². The summed E-state index contributed by atoms with van der Waals surface area (Å²) in [6.07, 6.45) is 0.812. The van der Waals surface area contributed by atoms with Gasteiger partial charge >= 0.3 is 12.0 Å². The largest absolute Gasteiger partial charge is 0.755 e. The van der Waals surface area contributed by atoms with E-state index in [4.69, 9.17) is 4.42 Å². The van der Waals surface area contributed by atoms with Crippen LogP contribution in [0.15, 0.2) is 89.3 Å². The van der Waals surface area contributed by atoms with Crippen LogP contribution in [0.1, 0.15) is 19.3 Å². The van der Waals surface area contributed by atoms with Gasteiger partial charge in [-0.1, -0.05) is 61.3 Å². The Kier molecular flexibility index (Phi) is 8.24. The lowest BCUT2D eigenvalue weighted by molar-refractivity contribution is -0.138. The number of nitrogens with zero attached hydrogens (tertiary/aromatic N) is 2. The maximum absolute atomic E-state index is 12.6. The molecule has 11 heteroatoms. The maximum Gasteiger partial charge on any atom is 0.331 e. The summed E-state index contributed by atoms with van der Waals surface area (Å²) >= 11 is 1.43. The van der Waals surface area contributed by atoms with E-state index >= 15 is 0 Å². The second-order valence-electron chi connectivity index (χ2n) is 9.29. The molecule has 0 saturated carbocycles. The number of furan rings is 1. The maximum atomic E-state index is 12.6. The molecule has 5 aromatic rings. The van der Waals surface area contributed by atoms with Gasteiger partial charge in [0, 0.05) is 34.3 Å². The van der Waals surface area contributed by atoms with Crippen molar-refractivity contribution < 1.29 is 27.9 Å². The van der Waals surface area contributed by atoms with Crippen molar-refractivity contribution in [2.45, 2.75) is 25.3 Å². The summed E-state index contributed by atoms with van der Waals surface area (Å²) in [5.74, 6) is -1.27. The smallest absolute Gasteiger partial charge is 0.331 e. The van der Waals surface area contributed by atoms with Crippen LogP contribution >= 0.6 is 12.8 Å². The van der Waals surface area contributed by atoms with Crippen molar-refractivity contribution in [1.82, 2.24) is 4.31 Å². The summed E-state index contributed by atoms with van der Waals surface area (Å²) in [4.78, 5) is 24.7. The van der Waals surface area contributed by atoms with Gasteiger partial charge in [0.05, 0.1) is 5.69 Å². The zero-order valence-corrected chi connectivity index (χ0v) is 22.9. The molecule has 0 aliphatic carbocycles. The molecule has 206 valence electrons. The van der Waals surface area contributed by atoms with Crippen LogP contribution in [0, 0.1) is 0 Å². The van der Waals surface area contributed by atoms with E-state index in [1.54, 1.807) is 18.2 Å². The average molecular weight is 577 g/mol. The lowest BCUT2D eigenvalue weighted by Gasteiger charge is -2.32. The van der Waals surface area contributed by atoms with E-state index in [-0.39, 0.29) is 18.7 Å². The number of carbonyl (C=O) groups is 2. The van der Waals surface area contributed by atoms with Gasteiger partial charge in [-0.05, 0) is 66.4 Å². The molecule has 5 rings (SSSR count). The average Bonchev–Trinajstić information content (AvgIpc) is 3.32. The topological polar surface area (TPSA) is 126 Å². The number of rotatable bonds is 10. The Morgan fingerprint density at radius 3 is 2.42 bits per heavy atom. The zero-order valence-electron chi connectivity index (χ0n) is 21.2. The van der Waals surface area contributed by atoms with E-state index < -0.39 is 29.3 Å². The van der Waals surface area contributed by atoms with Crippen molar-refractivity contribution in [3.63, 3.8) is 0 Å². The van der Waals surface area contributed by atoms with E-state index in [9.17, 15) is 23.5 Å². The Morgan fingerprint density at radius 2 is 1.65 bits per heavy atom. The number of benzene rings is 4. The summed E-state index contributed by atoms with van der Waals surface area (Å²) in [5.41, 5.74) is 2.08. The Bertz CT molecular complexity index is 1720. The first-order valence-electron chi connectivity index (χ1n) is 12.6. The third kappa shape index (κ3) is 5.91. The Labute approximate surface area is 238 Å². The van der Waals surface area contributed by atoms with Crippen molar-refractivity contribution in [2.75, 3.05) is 16.2 Å². The van der Waals surface area contributed by atoms with E-state index in [2.05, 4.69) is 18.1 Å². The fourth-order valence-corrected chi connectivity index (χ4v) is 5.60. The molecule has 2 amide bonds. The molecule has 2 atom stereocenters. The summed E-state index contributed by atoms with van der Waals surface area (Å²) in [5, 5.41) is 16.3. The summed E-state index contributed by atoms with van der Waals surface area (Å²) in [7, 11) is 0. The van der Waals surface area contributed by atoms with Crippen LogP contribution in [-0.4, -0.2) is 42.8 Å². The Hall–Kier alpha value is -4.06. The number of anilines is 2. The van der Waals surface area contributed by atoms with Crippen molar-refractivity contribution in [1.29, 1.82) is 0 Å². The standard InChI is InChI=1S/C29H27N3O6S2/c33-28(34)25(32(40(36)37)22-14-15-27-24(18-22)23-9-3-4-11-26(23)38-27)10-5-6-16-31(39)29(35)30-21-13-12-19-7-1-2-8-20(19)17-21/h1-4,7-9,11-15,17-18,25,39H,5-6,10,16H2,(H,30,35)(H,33,34)(H,36,37)/p-1. The van der Waals surface area contributed by atoms with Gasteiger partial charge in [-0.2, -0.15) is 0 Å². The Morgan fingerprint density at radius 1 is 0.925 bits per heavy atom. The van der Waals surface area contributed by atoms with Crippen molar-refractivity contribution >= 4 is 80.2 Å². The second kappa shape index (κ2) is 12.0. The molecule has 4 aromatic carbocycles. The molecule has 0 aliphatic heterocycles. The minimum Gasteiger partial charge on any atom is -0.755 e. The van der Waals surface area contributed by atoms with E-state index in [1.807, 2.05) is 60.7 Å². The summed E-state index contributed by atoms with van der Waals surface area (Å²) < 4.78 is 32.4. The minimum absolute atomic E-state index is 0.0431. The van der Waals surface area contributed by atoms with Gasteiger partial charge in [0.1, 0.15) is 17.2 Å². The molecule has 2 unspecified atom stereocenters. The third-order valence-corrected chi connectivity index (χ3v) is 7.84. The predicted octanol–water partition coefficient (Wildman–Crippen LogP) is 6.34. The first-order chi connectivity index (χ1) is 19.3. The number of fused-ring (bicyclic) bond motifs is 4. The van der Waals surface area contributed by atoms with Gasteiger partial charge in [-0.15, -0.1) is 0 Å². The van der Waals surface area contributed by atoms with Crippen LogP contribution in [0.4, 0.5) is 16.2 Å². The molecule has 9 nitrogen and oxygen atoms in total. The quantitative estimate of drug-likeness (QED) is 0.101. The number of nitrogens with one attached hydrogen (secondary N) is 1. The molecule has 2 N–H and O–H groups in total. The van der Waals surface area contributed by atoms with E-state index in [0.717, 1.165) is 20.5 Å². The number of thiol groups is 1. The second-order valence-corrected chi connectivity index (χ2v) is 10.6. The minimum atomic E-state index is -2.84. The lowest BCUT2D eigenvalue weighted by atomic mass is 10.1. The molecular weight excluding hydrogens is 550 g/mol. The highest BCUT2D eigenvalue weighted by molar-refractivity contribution is 7.80. The zero-order chi connectivity index (χ0) is 28.2. The highest BCUT2D eigenvalue weighted by atomic mass is 32.2. The first kappa shape index (κ1) is 27.5. The number of carboxylic acids is 1. The molecule has 1 heterocycles. The lowest BCUT2D eigenvalue weighted by Crippen LogP contribution is -2.42. The van der Waals surface area contributed by atoms with Crippen molar-refractivity contribution in [2.24, 2.45) is 0 Å². The van der Waals surface area contributed by atoms with E-state index in [1.165, 1.54) is 10.4 Å². The van der Waals surface area contributed by atoms with Crippen LogP contribution in [0.2, 0.25) is 0 Å². The van der Waals surface area contributed by atoms with E-state index in [0.29, 0.717) is 35.1 Å². The molecule has 1 aromatic heterocycles. The first-order valence-corrected chi connectivity index (χ1v) is 14.0. The van der Waals surface area contributed by atoms with Gasteiger partial charge in [0.25, 0.3) is 0 Å². The predicted molar refractivity (Wildman–Crippen MR) is 159 cm³/mol. The molecular formula is C29H26N3O6S2-. The van der Waals surface area contributed by atoms with Crippen LogP contribution in [0.3, 0.4) is 0 Å². The van der Waals surface area contributed by atoms with Crippen LogP contribution < -0.4 is 9.62 Å². The highest BCUT2D eigenvalue weighted by Crippen LogP contribution is 2.33. The van der Waals surface area contributed by atoms with Crippen LogP contribution in [0.5, 0.6) is 0 Å². The summed E-state index contributed by atoms with van der Waals surface area (Å²) in [6.45, 7) is 0.238. The highest BCUT2D eigenvalue weighted by Gasteiger charge is 2.27. The van der Waals surface area contributed by atoms with Gasteiger partial charge in [0.2, 0.25) is 0 Å². The molecule has 40 heavy (non-hydrogen) atoms. The third-order valence-electron chi connectivity index (χ3n) is 6.68. The number of carboxylic acid groups (broad SMARTS) is 1.